The molecule has 1 unspecified atom stereocenters. The molecule has 3 fully saturated rings. The number of ether oxygens (including phenoxy) is 1. The molecule has 2 heterocycles. The van der Waals surface area contributed by atoms with Gasteiger partial charge in [-0.05, 0) is 38.0 Å². The molecular weight excluding hydrogens is 451 g/mol. The smallest absolute Gasteiger partial charge is 0.263 e. The molecule has 1 aromatic rings. The van der Waals surface area contributed by atoms with Crippen molar-refractivity contribution >= 4 is 35.0 Å². The number of rotatable bonds is 6. The van der Waals surface area contributed by atoms with Crippen molar-refractivity contribution in [3.05, 3.63) is 28.2 Å². The van der Waals surface area contributed by atoms with Gasteiger partial charge in [0, 0.05) is 63.4 Å². The minimum atomic E-state index is -0.645. The van der Waals surface area contributed by atoms with Gasteiger partial charge in [0.05, 0.1) is 11.6 Å². The topological polar surface area (TPSA) is 56.3 Å². The van der Waals surface area contributed by atoms with E-state index in [1.165, 1.54) is 19.3 Å². The molecule has 2 aliphatic heterocycles. The average molecular weight is 483 g/mol. The first kappa shape index (κ1) is 23.6. The predicted molar refractivity (Wildman–Crippen MR) is 125 cm³/mol. The van der Waals surface area contributed by atoms with E-state index in [-0.39, 0.29) is 11.8 Å². The molecule has 1 aromatic carbocycles. The Morgan fingerprint density at radius 1 is 1.00 bits per heavy atom. The number of hydrogen-bond acceptors (Lipinski definition) is 5. The Bertz CT molecular complexity index is 819. The normalized spacial score (nSPS) is 21.8. The van der Waals surface area contributed by atoms with Crippen LogP contribution in [0.3, 0.4) is 0 Å². The van der Waals surface area contributed by atoms with Crippen molar-refractivity contribution in [1.29, 1.82) is 0 Å². The molecule has 1 saturated carbocycles. The SMILES string of the molecule is CC(Oc1ccc(Cl)cc1Cl)C(=O)N1CCN(CC(=O)N2CCN(C3CCC3)CC2)CC1. The molecule has 7 nitrogen and oxygen atoms in total. The highest BCUT2D eigenvalue weighted by Crippen LogP contribution is 2.28. The maximum absolute atomic E-state index is 12.8. The summed E-state index contributed by atoms with van der Waals surface area (Å²) in [6.07, 6.45) is 3.33. The second kappa shape index (κ2) is 10.6. The van der Waals surface area contributed by atoms with Crippen LogP contribution in [0.15, 0.2) is 18.2 Å². The largest absolute Gasteiger partial charge is 0.479 e. The van der Waals surface area contributed by atoms with Crippen molar-refractivity contribution in [3.8, 4) is 5.75 Å². The quantitative estimate of drug-likeness (QED) is 0.623. The molecule has 0 radical (unpaired) electrons. The minimum absolute atomic E-state index is 0.0749. The molecule has 1 atom stereocenters. The monoisotopic (exact) mass is 482 g/mol. The lowest BCUT2D eigenvalue weighted by atomic mass is 9.91. The highest BCUT2D eigenvalue weighted by molar-refractivity contribution is 6.35. The number of amides is 2. The summed E-state index contributed by atoms with van der Waals surface area (Å²) in [5.41, 5.74) is 0. The molecule has 1 aliphatic carbocycles. The van der Waals surface area contributed by atoms with Gasteiger partial charge < -0.3 is 14.5 Å². The first-order valence-electron chi connectivity index (χ1n) is 11.6. The second-order valence-corrected chi connectivity index (χ2v) is 9.78. The van der Waals surface area contributed by atoms with Crippen LogP contribution in [0.4, 0.5) is 0 Å². The minimum Gasteiger partial charge on any atom is -0.479 e. The van der Waals surface area contributed by atoms with Crippen LogP contribution >= 0.6 is 23.2 Å². The first-order chi connectivity index (χ1) is 15.4. The zero-order valence-electron chi connectivity index (χ0n) is 18.6. The lowest BCUT2D eigenvalue weighted by Gasteiger charge is -2.43. The average Bonchev–Trinajstić information content (AvgIpc) is 2.75. The van der Waals surface area contributed by atoms with Crippen molar-refractivity contribution in [1.82, 2.24) is 19.6 Å². The number of nitrogens with zero attached hydrogens (tertiary/aromatic N) is 4. The van der Waals surface area contributed by atoms with Crippen LogP contribution in [0.25, 0.3) is 0 Å². The summed E-state index contributed by atoms with van der Waals surface area (Å²) in [7, 11) is 0. The van der Waals surface area contributed by atoms with E-state index in [1.807, 2.05) is 4.90 Å². The molecule has 0 N–H and O–H groups in total. The predicted octanol–water partition coefficient (Wildman–Crippen LogP) is 2.60. The standard InChI is InChI=1S/C23H32Cl2N4O3/c1-17(32-21-6-5-18(24)15-20(21)25)23(31)29-9-7-26(8-10-29)16-22(30)28-13-11-27(12-14-28)19-3-2-4-19/h5-6,15,17,19H,2-4,7-14,16H2,1H3. The maximum Gasteiger partial charge on any atom is 0.263 e. The van der Waals surface area contributed by atoms with Crippen LogP contribution in [0.2, 0.25) is 10.0 Å². The van der Waals surface area contributed by atoms with Crippen molar-refractivity contribution in [2.75, 3.05) is 58.9 Å². The molecule has 9 heteroatoms. The molecule has 2 saturated heterocycles. The third kappa shape index (κ3) is 5.68. The molecule has 0 bridgehead atoms. The summed E-state index contributed by atoms with van der Waals surface area (Å²) in [5.74, 6) is 0.569. The van der Waals surface area contributed by atoms with Gasteiger partial charge in [-0.1, -0.05) is 29.6 Å². The second-order valence-electron chi connectivity index (χ2n) is 8.94. The van der Waals surface area contributed by atoms with Crippen molar-refractivity contribution in [3.63, 3.8) is 0 Å². The summed E-state index contributed by atoms with van der Waals surface area (Å²) in [4.78, 5) is 34.0. The number of piperazine rings is 2. The van der Waals surface area contributed by atoms with Crippen LogP contribution in [-0.4, -0.2) is 102 Å². The number of benzene rings is 1. The Kier molecular flexibility index (Phi) is 7.82. The number of halogens is 2. The molecule has 3 aliphatic rings. The lowest BCUT2D eigenvalue weighted by molar-refractivity contribution is -0.140. The number of carbonyl (C=O) groups excluding carboxylic acids is 2. The van der Waals surface area contributed by atoms with Crippen LogP contribution < -0.4 is 4.74 Å². The van der Waals surface area contributed by atoms with E-state index < -0.39 is 6.10 Å². The number of carbonyl (C=O) groups is 2. The fourth-order valence-corrected chi connectivity index (χ4v) is 5.03. The summed E-state index contributed by atoms with van der Waals surface area (Å²) < 4.78 is 5.76. The Morgan fingerprint density at radius 2 is 1.66 bits per heavy atom. The first-order valence-corrected chi connectivity index (χ1v) is 12.3. The van der Waals surface area contributed by atoms with Crippen molar-refractivity contribution in [2.45, 2.75) is 38.3 Å². The number of hydrogen-bond donors (Lipinski definition) is 0. The summed E-state index contributed by atoms with van der Waals surface area (Å²) in [5, 5.41) is 0.904. The van der Waals surface area contributed by atoms with Gasteiger partial charge in [-0.15, -0.1) is 0 Å². The van der Waals surface area contributed by atoms with Crippen molar-refractivity contribution in [2.24, 2.45) is 0 Å². The zero-order chi connectivity index (χ0) is 22.7. The zero-order valence-corrected chi connectivity index (χ0v) is 20.2. The Morgan fingerprint density at radius 3 is 2.25 bits per heavy atom. The maximum atomic E-state index is 12.8. The van der Waals surface area contributed by atoms with E-state index in [2.05, 4.69) is 9.80 Å². The molecule has 0 aromatic heterocycles. The van der Waals surface area contributed by atoms with Crippen LogP contribution in [0.5, 0.6) is 5.75 Å². The fourth-order valence-electron chi connectivity index (χ4n) is 4.57. The highest BCUT2D eigenvalue weighted by Gasteiger charge is 2.31. The summed E-state index contributed by atoms with van der Waals surface area (Å²) >= 11 is 12.1. The Labute approximate surface area is 200 Å². The van der Waals surface area contributed by atoms with E-state index in [9.17, 15) is 9.59 Å². The molecular formula is C23H32Cl2N4O3. The van der Waals surface area contributed by atoms with Gasteiger partial charge in [-0.25, -0.2) is 0 Å². The van der Waals surface area contributed by atoms with Crippen LogP contribution in [-0.2, 0) is 9.59 Å². The third-order valence-electron chi connectivity index (χ3n) is 6.85. The molecule has 32 heavy (non-hydrogen) atoms. The third-order valence-corrected chi connectivity index (χ3v) is 7.38. The van der Waals surface area contributed by atoms with Gasteiger partial charge in [0.2, 0.25) is 5.91 Å². The van der Waals surface area contributed by atoms with Gasteiger partial charge in [-0.2, -0.15) is 0 Å². The Hall–Kier alpha value is -1.54. The molecule has 4 rings (SSSR count). The van der Waals surface area contributed by atoms with Gasteiger partial charge in [0.1, 0.15) is 5.75 Å². The van der Waals surface area contributed by atoms with Gasteiger partial charge in [0.25, 0.3) is 5.91 Å². The highest BCUT2D eigenvalue weighted by atomic mass is 35.5. The fraction of sp³-hybridized carbons (Fsp3) is 0.652. The molecule has 0 spiro atoms. The van der Waals surface area contributed by atoms with Gasteiger partial charge in [0.15, 0.2) is 6.10 Å². The molecule has 2 amide bonds. The van der Waals surface area contributed by atoms with E-state index in [0.29, 0.717) is 48.5 Å². The van der Waals surface area contributed by atoms with Crippen molar-refractivity contribution < 1.29 is 14.3 Å². The lowest BCUT2D eigenvalue weighted by Crippen LogP contribution is -2.57. The van der Waals surface area contributed by atoms with Gasteiger partial charge in [-0.3, -0.25) is 19.4 Å². The van der Waals surface area contributed by atoms with Crippen LogP contribution in [0, 0.1) is 0 Å². The molecule has 176 valence electrons. The van der Waals surface area contributed by atoms with E-state index in [0.717, 1.165) is 32.2 Å². The van der Waals surface area contributed by atoms with Crippen LogP contribution in [0.1, 0.15) is 26.2 Å². The van der Waals surface area contributed by atoms with Gasteiger partial charge >= 0.3 is 0 Å². The summed E-state index contributed by atoms with van der Waals surface area (Å²) in [6, 6.07) is 5.70. The summed E-state index contributed by atoms with van der Waals surface area (Å²) in [6.45, 7) is 8.35. The Balaban J connectivity index is 1.19. The van der Waals surface area contributed by atoms with E-state index >= 15 is 0 Å². The van der Waals surface area contributed by atoms with E-state index in [4.69, 9.17) is 27.9 Å². The van der Waals surface area contributed by atoms with E-state index in [1.54, 1.807) is 30.0 Å².